The van der Waals surface area contributed by atoms with Gasteiger partial charge in [0.25, 0.3) is 5.91 Å². The van der Waals surface area contributed by atoms with E-state index in [0.717, 1.165) is 6.07 Å². The van der Waals surface area contributed by atoms with Crippen LogP contribution in [0.4, 0.5) is 25.0 Å². The molecule has 0 spiro atoms. The lowest BCUT2D eigenvalue weighted by molar-refractivity contribution is -0.119. The summed E-state index contributed by atoms with van der Waals surface area (Å²) in [4.78, 5) is 31.3. The molecule has 3 aromatic rings. The highest BCUT2D eigenvalue weighted by Gasteiger charge is 2.31. The number of halogens is 3. The number of rotatable bonds is 3. The van der Waals surface area contributed by atoms with Crippen LogP contribution in [-0.4, -0.2) is 30.9 Å². The minimum atomic E-state index is -1.38. The van der Waals surface area contributed by atoms with E-state index in [9.17, 15) is 18.4 Å². The van der Waals surface area contributed by atoms with Crippen LogP contribution in [0.3, 0.4) is 0 Å². The van der Waals surface area contributed by atoms with Crippen molar-refractivity contribution in [1.82, 2.24) is 5.32 Å². The molecule has 9 heteroatoms. The van der Waals surface area contributed by atoms with E-state index in [0.29, 0.717) is 11.3 Å². The fraction of sp³-hybridized carbons (Fsp3) is 0.0870. The highest BCUT2D eigenvalue weighted by Crippen LogP contribution is 2.28. The molecule has 3 aromatic carbocycles. The van der Waals surface area contributed by atoms with Gasteiger partial charge in [-0.1, -0.05) is 41.9 Å². The van der Waals surface area contributed by atoms with Crippen LogP contribution in [0.25, 0.3) is 0 Å². The summed E-state index contributed by atoms with van der Waals surface area (Å²) in [5.74, 6) is -1.81. The number of carbonyl (C=O) groups is 2. The molecule has 1 atom stereocenters. The number of hydrogen-bond donors (Lipinski definition) is 2. The molecule has 4 rings (SSSR count). The predicted octanol–water partition coefficient (Wildman–Crippen LogP) is 4.58. The van der Waals surface area contributed by atoms with E-state index in [2.05, 4.69) is 15.6 Å². The average Bonchev–Trinajstić information content (AvgIpc) is 2.87. The second-order valence-corrected chi connectivity index (χ2v) is 7.43. The maximum atomic E-state index is 14.6. The van der Waals surface area contributed by atoms with E-state index in [1.807, 2.05) is 0 Å². The maximum absolute atomic E-state index is 14.6. The Morgan fingerprint density at radius 1 is 1.00 bits per heavy atom. The minimum Gasteiger partial charge on any atom is -0.311 e. The van der Waals surface area contributed by atoms with E-state index in [-0.39, 0.29) is 22.0 Å². The van der Waals surface area contributed by atoms with Gasteiger partial charge in [0.1, 0.15) is 11.6 Å². The molecule has 0 saturated carbocycles. The van der Waals surface area contributed by atoms with Crippen molar-refractivity contribution in [3.8, 4) is 0 Å². The van der Waals surface area contributed by atoms with Gasteiger partial charge in [-0.15, -0.1) is 0 Å². The highest BCUT2D eigenvalue weighted by atomic mass is 35.5. The summed E-state index contributed by atoms with van der Waals surface area (Å²) in [5, 5.41) is 4.93. The number of benzene rings is 3. The zero-order valence-electron chi connectivity index (χ0n) is 16.8. The van der Waals surface area contributed by atoms with Crippen molar-refractivity contribution in [2.24, 2.45) is 4.99 Å². The molecule has 1 aliphatic heterocycles. The highest BCUT2D eigenvalue weighted by molar-refractivity contribution is 6.30. The molecule has 1 aliphatic rings. The molecule has 32 heavy (non-hydrogen) atoms. The monoisotopic (exact) mass is 454 g/mol. The lowest BCUT2D eigenvalue weighted by Crippen LogP contribution is -2.47. The number of fused-ring (bicyclic) bond motifs is 1. The third-order valence-electron chi connectivity index (χ3n) is 4.92. The van der Waals surface area contributed by atoms with E-state index < -0.39 is 29.7 Å². The number of amides is 3. The number of nitrogens with zero attached hydrogens (tertiary/aromatic N) is 2. The Bertz CT molecular complexity index is 1250. The Kier molecular flexibility index (Phi) is 5.87. The molecule has 1 unspecified atom stereocenters. The van der Waals surface area contributed by atoms with Crippen molar-refractivity contribution in [2.45, 2.75) is 6.17 Å². The Hall–Kier alpha value is -3.78. The van der Waals surface area contributed by atoms with Crippen molar-refractivity contribution < 1.29 is 18.4 Å². The first-order chi connectivity index (χ1) is 15.3. The van der Waals surface area contributed by atoms with Crippen LogP contribution in [0, 0.1) is 11.6 Å². The third-order valence-corrected chi connectivity index (χ3v) is 5.15. The summed E-state index contributed by atoms with van der Waals surface area (Å²) < 4.78 is 28.6. The Morgan fingerprint density at radius 3 is 2.41 bits per heavy atom. The lowest BCUT2D eigenvalue weighted by atomic mass is 10.00. The van der Waals surface area contributed by atoms with Gasteiger partial charge in [0.05, 0.1) is 17.1 Å². The van der Waals surface area contributed by atoms with Crippen LogP contribution in [-0.2, 0) is 4.79 Å². The van der Waals surface area contributed by atoms with Gasteiger partial charge < -0.3 is 15.5 Å². The van der Waals surface area contributed by atoms with Gasteiger partial charge >= 0.3 is 6.03 Å². The number of carbonyl (C=O) groups excluding carboxylic acids is 2. The normalized spacial score (nSPS) is 15.5. The van der Waals surface area contributed by atoms with E-state index in [4.69, 9.17) is 11.6 Å². The topological polar surface area (TPSA) is 73.8 Å². The quantitative estimate of drug-likeness (QED) is 0.608. The fourth-order valence-corrected chi connectivity index (χ4v) is 3.52. The van der Waals surface area contributed by atoms with Crippen molar-refractivity contribution >= 4 is 40.6 Å². The molecule has 0 aliphatic carbocycles. The first-order valence-corrected chi connectivity index (χ1v) is 9.95. The molecule has 2 N–H and O–H groups in total. The van der Waals surface area contributed by atoms with Crippen molar-refractivity contribution in [3.05, 3.63) is 94.5 Å². The molecule has 0 fully saturated rings. The van der Waals surface area contributed by atoms with Crippen LogP contribution in [0.2, 0.25) is 5.02 Å². The summed E-state index contributed by atoms with van der Waals surface area (Å²) in [6, 6.07) is 15.8. The van der Waals surface area contributed by atoms with Gasteiger partial charge in [0.15, 0.2) is 0 Å². The smallest absolute Gasteiger partial charge is 0.311 e. The van der Waals surface area contributed by atoms with Crippen LogP contribution in [0.5, 0.6) is 0 Å². The molecule has 0 aromatic heterocycles. The Morgan fingerprint density at radius 2 is 1.69 bits per heavy atom. The zero-order chi connectivity index (χ0) is 22.8. The second kappa shape index (κ2) is 8.76. The molecule has 162 valence electrons. The summed E-state index contributed by atoms with van der Waals surface area (Å²) in [7, 11) is 1.53. The van der Waals surface area contributed by atoms with Crippen molar-refractivity contribution in [3.63, 3.8) is 0 Å². The number of likely N-dealkylation sites (N-methyl/N-ethyl adjacent to an activating group) is 1. The third kappa shape index (κ3) is 4.17. The van der Waals surface area contributed by atoms with Crippen LogP contribution in [0.15, 0.2) is 71.7 Å². The molecule has 0 saturated heterocycles. The van der Waals surface area contributed by atoms with E-state index in [1.54, 1.807) is 42.5 Å². The molecular weight excluding hydrogens is 438 g/mol. The minimum absolute atomic E-state index is 0.122. The van der Waals surface area contributed by atoms with Gasteiger partial charge in [0, 0.05) is 23.2 Å². The lowest BCUT2D eigenvalue weighted by Gasteiger charge is -2.21. The number of hydrogen-bond acceptors (Lipinski definition) is 3. The number of nitrogens with one attached hydrogen (secondary N) is 2. The van der Waals surface area contributed by atoms with E-state index in [1.165, 1.54) is 30.1 Å². The number of benzodiazepines with no additional fused rings is 1. The SMILES string of the molecule is CN1C(=O)C(NC(=O)Nc2ccc(Cl)cc2F)N=C(c2ccccc2F)c2ccccc21. The van der Waals surface area contributed by atoms with Gasteiger partial charge in [0.2, 0.25) is 6.17 Å². The average molecular weight is 455 g/mol. The fourth-order valence-electron chi connectivity index (χ4n) is 3.36. The van der Waals surface area contributed by atoms with Crippen molar-refractivity contribution in [2.75, 3.05) is 17.3 Å². The zero-order valence-corrected chi connectivity index (χ0v) is 17.5. The van der Waals surface area contributed by atoms with Gasteiger partial charge in [-0.05, 0) is 36.4 Å². The summed E-state index contributed by atoms with van der Waals surface area (Å²) in [6.45, 7) is 0. The molecule has 0 radical (unpaired) electrons. The molecule has 1 heterocycles. The second-order valence-electron chi connectivity index (χ2n) is 7.00. The number of aliphatic imine (C=N–C) groups is 1. The van der Waals surface area contributed by atoms with Crippen LogP contribution in [0.1, 0.15) is 11.1 Å². The Labute approximate surface area is 187 Å². The van der Waals surface area contributed by atoms with Gasteiger partial charge in [-0.3, -0.25) is 4.79 Å². The largest absolute Gasteiger partial charge is 0.321 e. The Balaban J connectivity index is 1.71. The first-order valence-electron chi connectivity index (χ1n) is 9.57. The van der Waals surface area contributed by atoms with Crippen molar-refractivity contribution in [1.29, 1.82) is 0 Å². The molecule has 3 amide bonds. The number of anilines is 2. The predicted molar refractivity (Wildman–Crippen MR) is 119 cm³/mol. The molecule has 0 bridgehead atoms. The number of urea groups is 1. The number of para-hydroxylation sites is 1. The first kappa shape index (κ1) is 21.5. The molecule has 6 nitrogen and oxygen atoms in total. The van der Waals surface area contributed by atoms with Gasteiger partial charge in [-0.2, -0.15) is 0 Å². The van der Waals surface area contributed by atoms with Gasteiger partial charge in [-0.25, -0.2) is 18.6 Å². The summed E-state index contributed by atoms with van der Waals surface area (Å²) >= 11 is 5.73. The molecular formula is C23H17ClF2N4O2. The maximum Gasteiger partial charge on any atom is 0.321 e. The van der Waals surface area contributed by atoms with E-state index >= 15 is 0 Å². The van der Waals surface area contributed by atoms with Crippen LogP contribution >= 0.6 is 11.6 Å². The summed E-state index contributed by atoms with van der Waals surface area (Å²) in [5.41, 5.74) is 1.30. The standard InChI is InChI=1S/C23H17ClF2N4O2/c1-30-19-9-5-3-7-15(19)20(14-6-2-4-8-16(14)25)28-21(22(30)31)29-23(32)27-18-11-10-13(24)12-17(18)26/h2-12,21H,1H3,(H2,27,29,32). The summed E-state index contributed by atoms with van der Waals surface area (Å²) in [6.07, 6.45) is -1.38. The van der Waals surface area contributed by atoms with Crippen LogP contribution < -0.4 is 15.5 Å².